The van der Waals surface area contributed by atoms with E-state index in [-0.39, 0.29) is 23.8 Å². The molecule has 0 aliphatic heterocycles. The van der Waals surface area contributed by atoms with Crippen molar-refractivity contribution < 1.29 is 14.7 Å². The number of hydrogen-bond acceptors (Lipinski definition) is 3. The van der Waals surface area contributed by atoms with E-state index in [1.54, 1.807) is 0 Å². The number of nitrogens with one attached hydrogen (secondary N) is 1. The van der Waals surface area contributed by atoms with Gasteiger partial charge >= 0.3 is 5.97 Å². The predicted octanol–water partition coefficient (Wildman–Crippen LogP) is 1.12. The lowest BCUT2D eigenvalue weighted by Gasteiger charge is -2.29. The number of hydrogen-bond donors (Lipinski definition) is 3. The van der Waals surface area contributed by atoms with Crippen LogP contribution in [0.4, 0.5) is 0 Å². The van der Waals surface area contributed by atoms with Crippen LogP contribution in [0.2, 0.25) is 0 Å². The molecule has 0 aromatic heterocycles. The minimum absolute atomic E-state index is 0.132. The van der Waals surface area contributed by atoms with Crippen molar-refractivity contribution in [2.24, 2.45) is 17.6 Å². The van der Waals surface area contributed by atoms with E-state index in [2.05, 4.69) is 5.32 Å². The smallest absolute Gasteiger partial charge is 0.326 e. The van der Waals surface area contributed by atoms with E-state index in [1.165, 1.54) is 0 Å². The van der Waals surface area contributed by atoms with Crippen molar-refractivity contribution in [2.45, 2.75) is 58.0 Å². The second kappa shape index (κ2) is 6.73. The Kier molecular flexibility index (Phi) is 5.59. The van der Waals surface area contributed by atoms with Gasteiger partial charge < -0.3 is 16.2 Å². The van der Waals surface area contributed by atoms with Gasteiger partial charge in [-0.25, -0.2) is 4.79 Å². The number of amides is 1. The molecule has 4 N–H and O–H groups in total. The summed E-state index contributed by atoms with van der Waals surface area (Å²) in [5, 5.41) is 11.7. The number of aliphatic carboxylic acids is 1. The average Bonchev–Trinajstić information content (AvgIpc) is 2.27. The van der Waals surface area contributed by atoms with Gasteiger partial charge in [-0.05, 0) is 25.2 Å². The summed E-state index contributed by atoms with van der Waals surface area (Å²) in [5.41, 5.74) is 5.92. The highest BCUT2D eigenvalue weighted by Gasteiger charge is 2.31. The highest BCUT2D eigenvalue weighted by molar-refractivity contribution is 5.85. The summed E-state index contributed by atoms with van der Waals surface area (Å²) in [6, 6.07) is -0.932. The summed E-state index contributed by atoms with van der Waals surface area (Å²) in [4.78, 5) is 23.1. The van der Waals surface area contributed by atoms with Gasteiger partial charge in [0.05, 0.1) is 5.92 Å². The first-order valence-corrected chi connectivity index (χ1v) is 6.70. The van der Waals surface area contributed by atoms with E-state index in [9.17, 15) is 9.59 Å². The fourth-order valence-electron chi connectivity index (χ4n) is 2.46. The molecule has 5 heteroatoms. The molecular weight excluding hydrogens is 232 g/mol. The molecule has 0 spiro atoms. The largest absolute Gasteiger partial charge is 0.480 e. The van der Waals surface area contributed by atoms with Crippen molar-refractivity contribution in [3.63, 3.8) is 0 Å². The van der Waals surface area contributed by atoms with Crippen molar-refractivity contribution in [1.29, 1.82) is 0 Å². The van der Waals surface area contributed by atoms with Crippen molar-refractivity contribution in [1.82, 2.24) is 5.32 Å². The Labute approximate surface area is 108 Å². The maximum absolute atomic E-state index is 12.1. The standard InChI is InChI=1S/C13H24N2O3/c1-8(2)7-11(13(17)18)15-12(16)9-5-3-4-6-10(9)14/h8-11H,3-7,14H2,1-2H3,(H,15,16)(H,17,18)/t9?,10?,11-/m1/s1. The van der Waals surface area contributed by atoms with Crippen molar-refractivity contribution >= 4 is 11.9 Å². The number of nitrogens with two attached hydrogens (primary N) is 1. The van der Waals surface area contributed by atoms with Gasteiger partial charge in [0.1, 0.15) is 6.04 Å². The summed E-state index contributed by atoms with van der Waals surface area (Å²) in [6.45, 7) is 3.88. The molecule has 1 fully saturated rings. The second-order valence-electron chi connectivity index (χ2n) is 5.58. The fourth-order valence-corrected chi connectivity index (χ4v) is 2.46. The van der Waals surface area contributed by atoms with Crippen molar-refractivity contribution in [2.75, 3.05) is 0 Å². The topological polar surface area (TPSA) is 92.4 Å². The molecule has 1 rings (SSSR count). The lowest BCUT2D eigenvalue weighted by atomic mass is 9.84. The molecule has 0 radical (unpaired) electrons. The van der Waals surface area contributed by atoms with E-state index in [0.717, 1.165) is 25.7 Å². The van der Waals surface area contributed by atoms with Crippen LogP contribution < -0.4 is 11.1 Å². The first kappa shape index (κ1) is 15.0. The highest BCUT2D eigenvalue weighted by Crippen LogP contribution is 2.23. The average molecular weight is 256 g/mol. The molecular formula is C13H24N2O3. The lowest BCUT2D eigenvalue weighted by molar-refractivity contribution is -0.143. The van der Waals surface area contributed by atoms with Crippen LogP contribution in [0.5, 0.6) is 0 Å². The zero-order valence-electron chi connectivity index (χ0n) is 11.2. The molecule has 0 aromatic carbocycles. The molecule has 0 aromatic rings. The summed E-state index contributed by atoms with van der Waals surface area (Å²) < 4.78 is 0. The number of carboxylic acid groups (broad SMARTS) is 1. The third-order valence-corrected chi connectivity index (χ3v) is 3.48. The minimum Gasteiger partial charge on any atom is -0.480 e. The van der Waals surface area contributed by atoms with Crippen molar-refractivity contribution in [3.05, 3.63) is 0 Å². The van der Waals surface area contributed by atoms with E-state index >= 15 is 0 Å². The molecule has 18 heavy (non-hydrogen) atoms. The third kappa shape index (κ3) is 4.29. The minimum atomic E-state index is -0.971. The van der Waals surface area contributed by atoms with Gasteiger partial charge in [-0.1, -0.05) is 26.7 Å². The van der Waals surface area contributed by atoms with Crippen LogP contribution in [-0.4, -0.2) is 29.1 Å². The molecule has 0 bridgehead atoms. The van der Waals surface area contributed by atoms with Gasteiger partial charge in [-0.3, -0.25) is 4.79 Å². The van der Waals surface area contributed by atoms with Crippen LogP contribution >= 0.6 is 0 Å². The fraction of sp³-hybridized carbons (Fsp3) is 0.846. The summed E-state index contributed by atoms with van der Waals surface area (Å²) >= 11 is 0. The molecule has 3 atom stereocenters. The van der Waals surface area contributed by atoms with Crippen molar-refractivity contribution in [3.8, 4) is 0 Å². The van der Waals surface area contributed by atoms with E-state index in [4.69, 9.17) is 10.8 Å². The highest BCUT2D eigenvalue weighted by atomic mass is 16.4. The number of carboxylic acids is 1. The summed E-state index contributed by atoms with van der Waals surface area (Å²) in [5.74, 6) is -1.17. The van der Waals surface area contributed by atoms with Gasteiger partial charge in [0.15, 0.2) is 0 Å². The Morgan fingerprint density at radius 2 is 1.94 bits per heavy atom. The van der Waals surface area contributed by atoms with Gasteiger partial charge in [0.25, 0.3) is 0 Å². The maximum atomic E-state index is 12.1. The maximum Gasteiger partial charge on any atom is 0.326 e. The van der Waals surface area contributed by atoms with Gasteiger partial charge in [0, 0.05) is 6.04 Å². The first-order chi connectivity index (χ1) is 8.41. The molecule has 1 aliphatic rings. The SMILES string of the molecule is CC(C)C[C@@H](NC(=O)C1CCCCC1N)C(=O)O. The Morgan fingerprint density at radius 1 is 1.33 bits per heavy atom. The summed E-state index contributed by atoms with van der Waals surface area (Å²) in [6.07, 6.45) is 4.11. The Morgan fingerprint density at radius 3 is 2.44 bits per heavy atom. The van der Waals surface area contributed by atoms with Crippen LogP contribution in [0.3, 0.4) is 0 Å². The van der Waals surface area contributed by atoms with Gasteiger partial charge in [-0.2, -0.15) is 0 Å². The molecule has 1 saturated carbocycles. The van der Waals surface area contributed by atoms with Crippen LogP contribution in [0, 0.1) is 11.8 Å². The zero-order valence-corrected chi connectivity index (χ0v) is 11.2. The van der Waals surface area contributed by atoms with Gasteiger partial charge in [0.2, 0.25) is 5.91 Å². The van der Waals surface area contributed by atoms with Crippen LogP contribution in [0.15, 0.2) is 0 Å². The molecule has 1 amide bonds. The second-order valence-corrected chi connectivity index (χ2v) is 5.58. The Hall–Kier alpha value is -1.10. The Bertz CT molecular complexity index is 305. The summed E-state index contributed by atoms with van der Waals surface area (Å²) in [7, 11) is 0. The van der Waals surface area contributed by atoms with Crippen LogP contribution in [0.25, 0.3) is 0 Å². The Balaban J connectivity index is 2.57. The zero-order chi connectivity index (χ0) is 13.7. The van der Waals surface area contributed by atoms with Crippen LogP contribution in [0.1, 0.15) is 46.0 Å². The monoisotopic (exact) mass is 256 g/mol. The molecule has 1 aliphatic carbocycles. The molecule has 2 unspecified atom stereocenters. The quantitative estimate of drug-likeness (QED) is 0.687. The predicted molar refractivity (Wildman–Crippen MR) is 69.0 cm³/mol. The van der Waals surface area contributed by atoms with Crippen LogP contribution in [-0.2, 0) is 9.59 Å². The van der Waals surface area contributed by atoms with E-state index in [1.807, 2.05) is 13.8 Å². The number of carbonyl (C=O) groups is 2. The van der Waals surface area contributed by atoms with E-state index in [0.29, 0.717) is 6.42 Å². The lowest BCUT2D eigenvalue weighted by Crippen LogP contribution is -2.49. The molecule has 0 saturated heterocycles. The molecule has 5 nitrogen and oxygen atoms in total. The number of carbonyl (C=O) groups excluding carboxylic acids is 1. The third-order valence-electron chi connectivity index (χ3n) is 3.48. The molecule has 0 heterocycles. The number of rotatable bonds is 5. The van der Waals surface area contributed by atoms with Gasteiger partial charge in [-0.15, -0.1) is 0 Å². The van der Waals surface area contributed by atoms with E-state index < -0.39 is 12.0 Å². The normalized spacial score (nSPS) is 25.8. The molecule has 104 valence electrons. The first-order valence-electron chi connectivity index (χ1n) is 6.70.